The summed E-state index contributed by atoms with van der Waals surface area (Å²) in [5.74, 6) is 1.18. The first-order valence-electron chi connectivity index (χ1n) is 5.20. The molecule has 90 valence electrons. The molecule has 5 nitrogen and oxygen atoms in total. The van der Waals surface area contributed by atoms with E-state index in [1.54, 1.807) is 23.9 Å². The minimum Gasteiger partial charge on any atom is -0.504 e. The Morgan fingerprint density at radius 3 is 2.59 bits per heavy atom. The van der Waals surface area contributed by atoms with Gasteiger partial charge in [-0.15, -0.1) is 0 Å². The van der Waals surface area contributed by atoms with Crippen LogP contribution in [0.4, 0.5) is 5.82 Å². The molecule has 3 N–H and O–H groups in total. The third-order valence-electron chi connectivity index (χ3n) is 2.70. The number of aryl methyl sites for hydroxylation is 2. The van der Waals surface area contributed by atoms with Gasteiger partial charge in [-0.3, -0.25) is 4.68 Å². The molecule has 0 saturated heterocycles. The Morgan fingerprint density at radius 1 is 1.35 bits per heavy atom. The highest BCUT2D eigenvalue weighted by Gasteiger charge is 2.11. The van der Waals surface area contributed by atoms with Crippen molar-refractivity contribution in [2.75, 3.05) is 12.8 Å². The molecular weight excluding hydrogens is 218 g/mol. The first kappa shape index (κ1) is 11.3. The van der Waals surface area contributed by atoms with E-state index in [1.165, 1.54) is 7.11 Å². The van der Waals surface area contributed by atoms with E-state index >= 15 is 0 Å². The predicted octanol–water partition coefficient (Wildman–Crippen LogP) is 1.69. The van der Waals surface area contributed by atoms with Crippen molar-refractivity contribution in [1.82, 2.24) is 9.78 Å². The van der Waals surface area contributed by atoms with Crippen molar-refractivity contribution in [2.45, 2.75) is 6.92 Å². The summed E-state index contributed by atoms with van der Waals surface area (Å²) in [6.45, 7) is 1.81. The van der Waals surface area contributed by atoms with Crippen LogP contribution >= 0.6 is 0 Å². The van der Waals surface area contributed by atoms with Gasteiger partial charge in [0.1, 0.15) is 5.82 Å². The third-order valence-corrected chi connectivity index (χ3v) is 2.70. The molecule has 0 aliphatic heterocycles. The maximum atomic E-state index is 9.75. The van der Waals surface area contributed by atoms with Crippen molar-refractivity contribution in [3.8, 4) is 22.8 Å². The fraction of sp³-hybridized carbons (Fsp3) is 0.250. The van der Waals surface area contributed by atoms with Gasteiger partial charge in [0.25, 0.3) is 0 Å². The van der Waals surface area contributed by atoms with E-state index in [2.05, 4.69) is 5.10 Å². The van der Waals surface area contributed by atoms with Gasteiger partial charge in [-0.25, -0.2) is 0 Å². The van der Waals surface area contributed by atoms with Crippen LogP contribution in [0.25, 0.3) is 11.3 Å². The molecule has 0 saturated carbocycles. The van der Waals surface area contributed by atoms with Gasteiger partial charge in [-0.1, -0.05) is 0 Å². The molecule has 2 rings (SSSR count). The zero-order valence-corrected chi connectivity index (χ0v) is 10.1. The quantitative estimate of drug-likeness (QED) is 0.827. The van der Waals surface area contributed by atoms with Gasteiger partial charge in [0, 0.05) is 18.7 Å². The van der Waals surface area contributed by atoms with Gasteiger partial charge in [-0.05, 0) is 24.6 Å². The second-order valence-corrected chi connectivity index (χ2v) is 3.92. The number of hydrogen-bond donors (Lipinski definition) is 2. The molecular formula is C12H15N3O2. The van der Waals surface area contributed by atoms with Gasteiger partial charge >= 0.3 is 0 Å². The molecule has 0 radical (unpaired) electrons. The zero-order chi connectivity index (χ0) is 12.6. The van der Waals surface area contributed by atoms with E-state index in [4.69, 9.17) is 10.5 Å². The number of hydrogen-bond acceptors (Lipinski definition) is 4. The molecule has 1 aromatic carbocycles. The molecule has 0 atom stereocenters. The number of rotatable bonds is 2. The summed E-state index contributed by atoms with van der Waals surface area (Å²) in [5, 5.41) is 14.0. The topological polar surface area (TPSA) is 73.3 Å². The minimum atomic E-state index is 0.153. The molecule has 2 aromatic rings. The molecule has 0 unspecified atom stereocenters. The maximum absolute atomic E-state index is 9.75. The van der Waals surface area contributed by atoms with Crippen LogP contribution in [0.3, 0.4) is 0 Å². The molecule has 0 fully saturated rings. The van der Waals surface area contributed by atoms with Crippen LogP contribution in [0.1, 0.15) is 5.56 Å². The fourth-order valence-corrected chi connectivity index (χ4v) is 1.67. The number of nitrogens with two attached hydrogens (primary N) is 1. The largest absolute Gasteiger partial charge is 0.504 e. The van der Waals surface area contributed by atoms with E-state index in [9.17, 15) is 5.11 Å². The summed E-state index contributed by atoms with van der Waals surface area (Å²) < 4.78 is 6.71. The highest BCUT2D eigenvalue weighted by Crippen LogP contribution is 2.34. The Kier molecular flexibility index (Phi) is 2.67. The summed E-state index contributed by atoms with van der Waals surface area (Å²) in [6.07, 6.45) is 0. The Morgan fingerprint density at radius 2 is 2.06 bits per heavy atom. The maximum Gasteiger partial charge on any atom is 0.161 e. The number of aromatic hydroxyl groups is 1. The minimum absolute atomic E-state index is 0.153. The number of ether oxygens (including phenoxy) is 1. The van der Waals surface area contributed by atoms with E-state index in [0.717, 1.165) is 16.8 Å². The van der Waals surface area contributed by atoms with Gasteiger partial charge in [0.15, 0.2) is 11.5 Å². The van der Waals surface area contributed by atoms with Crippen molar-refractivity contribution in [2.24, 2.45) is 7.05 Å². The van der Waals surface area contributed by atoms with Crippen molar-refractivity contribution in [1.29, 1.82) is 0 Å². The number of nitrogen functional groups attached to an aromatic ring is 1. The zero-order valence-electron chi connectivity index (χ0n) is 10.1. The second kappa shape index (κ2) is 4.01. The lowest BCUT2D eigenvalue weighted by Gasteiger charge is -2.08. The SMILES string of the molecule is COc1cc(-c2cc(N)n(C)n2)cc(C)c1O. The number of aromatic nitrogens is 2. The van der Waals surface area contributed by atoms with Crippen LogP contribution in [0.15, 0.2) is 18.2 Å². The van der Waals surface area contributed by atoms with Crippen LogP contribution in [0, 0.1) is 6.92 Å². The number of benzene rings is 1. The van der Waals surface area contributed by atoms with Crippen molar-refractivity contribution >= 4 is 5.82 Å². The first-order valence-corrected chi connectivity index (χ1v) is 5.20. The fourth-order valence-electron chi connectivity index (χ4n) is 1.67. The van der Waals surface area contributed by atoms with Crippen LogP contribution in [0.2, 0.25) is 0 Å². The highest BCUT2D eigenvalue weighted by atomic mass is 16.5. The van der Waals surface area contributed by atoms with Crippen LogP contribution in [-0.4, -0.2) is 22.0 Å². The molecule has 0 bridgehead atoms. The van der Waals surface area contributed by atoms with Crippen LogP contribution < -0.4 is 10.5 Å². The lowest BCUT2D eigenvalue weighted by molar-refractivity contribution is 0.372. The lowest BCUT2D eigenvalue weighted by Crippen LogP contribution is -1.96. The van der Waals surface area contributed by atoms with Gasteiger partial charge in [0.2, 0.25) is 0 Å². The van der Waals surface area contributed by atoms with E-state index < -0.39 is 0 Å². The molecule has 1 aromatic heterocycles. The molecule has 0 amide bonds. The van der Waals surface area contributed by atoms with Gasteiger partial charge < -0.3 is 15.6 Å². The number of phenolic OH excluding ortho intramolecular Hbond substituents is 1. The average Bonchev–Trinajstić information content (AvgIpc) is 2.63. The van der Waals surface area contributed by atoms with Gasteiger partial charge in [-0.2, -0.15) is 5.10 Å². The summed E-state index contributed by atoms with van der Waals surface area (Å²) in [6, 6.07) is 5.37. The molecule has 5 heteroatoms. The standard InChI is InChI=1S/C12H15N3O2/c1-7-4-8(5-10(17-3)12(7)16)9-6-11(13)15(2)14-9/h4-6,16H,13H2,1-3H3. The molecule has 0 spiro atoms. The third kappa shape index (κ3) is 1.91. The average molecular weight is 233 g/mol. The monoisotopic (exact) mass is 233 g/mol. The smallest absolute Gasteiger partial charge is 0.161 e. The first-order chi connectivity index (χ1) is 8.02. The van der Waals surface area contributed by atoms with Crippen molar-refractivity contribution in [3.63, 3.8) is 0 Å². The highest BCUT2D eigenvalue weighted by molar-refractivity contribution is 5.67. The normalized spacial score (nSPS) is 10.5. The number of anilines is 1. The molecule has 0 aliphatic rings. The number of phenols is 1. The number of methoxy groups -OCH3 is 1. The van der Waals surface area contributed by atoms with E-state index in [-0.39, 0.29) is 5.75 Å². The molecule has 0 aliphatic carbocycles. The lowest BCUT2D eigenvalue weighted by atomic mass is 10.1. The van der Waals surface area contributed by atoms with Crippen molar-refractivity contribution < 1.29 is 9.84 Å². The van der Waals surface area contributed by atoms with Crippen LogP contribution in [0.5, 0.6) is 11.5 Å². The molecule has 1 heterocycles. The van der Waals surface area contributed by atoms with Gasteiger partial charge in [0.05, 0.1) is 12.8 Å². The summed E-state index contributed by atoms with van der Waals surface area (Å²) in [7, 11) is 3.30. The Hall–Kier alpha value is -2.17. The second-order valence-electron chi connectivity index (χ2n) is 3.92. The van der Waals surface area contributed by atoms with E-state index in [0.29, 0.717) is 11.6 Å². The summed E-state index contributed by atoms with van der Waals surface area (Å²) in [5.41, 5.74) is 8.10. The van der Waals surface area contributed by atoms with Crippen molar-refractivity contribution in [3.05, 3.63) is 23.8 Å². The summed E-state index contributed by atoms with van der Waals surface area (Å²) in [4.78, 5) is 0. The Labute approximate surface area is 99.4 Å². The number of nitrogens with zero attached hydrogens (tertiary/aromatic N) is 2. The van der Waals surface area contributed by atoms with Crippen LogP contribution in [-0.2, 0) is 7.05 Å². The Bertz CT molecular complexity index is 542. The van der Waals surface area contributed by atoms with E-state index in [1.807, 2.05) is 13.0 Å². The predicted molar refractivity (Wildman–Crippen MR) is 66.0 cm³/mol. The summed E-state index contributed by atoms with van der Waals surface area (Å²) >= 11 is 0. The molecule has 17 heavy (non-hydrogen) atoms. The Balaban J connectivity index is 2.56.